The molecule has 0 bridgehead atoms. The zero-order valence-corrected chi connectivity index (χ0v) is 6.92. The second-order valence-corrected chi connectivity index (χ2v) is 3.94. The monoisotopic (exact) mass is 155 g/mol. The summed E-state index contributed by atoms with van der Waals surface area (Å²) in [5.74, 6) is 0.551. The molecule has 0 heterocycles. The molecular formula is C9H17NO. The summed E-state index contributed by atoms with van der Waals surface area (Å²) in [5.41, 5.74) is 0. The molecule has 2 aliphatic carbocycles. The van der Waals surface area contributed by atoms with Crippen LogP contribution in [-0.4, -0.2) is 23.8 Å². The average molecular weight is 155 g/mol. The standard InChI is InChI=1S/C9H17NO/c11-9-3-1-2-7(9)6-10-8-4-5-8/h7-11H,1-6H2. The van der Waals surface area contributed by atoms with Crippen molar-refractivity contribution in [1.29, 1.82) is 0 Å². The molecule has 2 heteroatoms. The molecule has 2 rings (SSSR count). The van der Waals surface area contributed by atoms with Crippen molar-refractivity contribution in [2.45, 2.75) is 44.2 Å². The van der Waals surface area contributed by atoms with E-state index in [4.69, 9.17) is 0 Å². The van der Waals surface area contributed by atoms with E-state index in [1.54, 1.807) is 0 Å². The van der Waals surface area contributed by atoms with Gasteiger partial charge in [-0.05, 0) is 31.6 Å². The molecule has 0 aromatic heterocycles. The molecule has 2 fully saturated rings. The van der Waals surface area contributed by atoms with Crippen LogP contribution in [0.15, 0.2) is 0 Å². The molecule has 0 aliphatic heterocycles. The highest BCUT2D eigenvalue weighted by atomic mass is 16.3. The highest BCUT2D eigenvalue weighted by molar-refractivity contribution is 4.85. The van der Waals surface area contributed by atoms with Gasteiger partial charge in [0.15, 0.2) is 0 Å². The lowest BCUT2D eigenvalue weighted by molar-refractivity contribution is 0.131. The summed E-state index contributed by atoms with van der Waals surface area (Å²) < 4.78 is 0. The number of hydrogen-bond acceptors (Lipinski definition) is 2. The van der Waals surface area contributed by atoms with Crippen molar-refractivity contribution in [2.75, 3.05) is 6.54 Å². The maximum atomic E-state index is 9.48. The van der Waals surface area contributed by atoms with Crippen molar-refractivity contribution in [3.63, 3.8) is 0 Å². The molecule has 2 unspecified atom stereocenters. The fourth-order valence-electron chi connectivity index (χ4n) is 1.86. The van der Waals surface area contributed by atoms with Gasteiger partial charge in [-0.1, -0.05) is 6.42 Å². The maximum absolute atomic E-state index is 9.48. The Morgan fingerprint density at radius 1 is 1.18 bits per heavy atom. The maximum Gasteiger partial charge on any atom is 0.0580 e. The van der Waals surface area contributed by atoms with Crippen LogP contribution in [-0.2, 0) is 0 Å². The molecule has 0 radical (unpaired) electrons. The molecule has 2 aliphatic rings. The third-order valence-corrected chi connectivity index (χ3v) is 2.87. The molecule has 2 N–H and O–H groups in total. The van der Waals surface area contributed by atoms with E-state index >= 15 is 0 Å². The van der Waals surface area contributed by atoms with Crippen molar-refractivity contribution < 1.29 is 5.11 Å². The summed E-state index contributed by atoms with van der Waals surface area (Å²) in [5, 5.41) is 13.0. The zero-order valence-electron chi connectivity index (χ0n) is 6.92. The summed E-state index contributed by atoms with van der Waals surface area (Å²) >= 11 is 0. The van der Waals surface area contributed by atoms with Gasteiger partial charge in [-0.25, -0.2) is 0 Å². The number of aliphatic hydroxyl groups is 1. The summed E-state index contributed by atoms with van der Waals surface area (Å²) in [7, 11) is 0. The van der Waals surface area contributed by atoms with Crippen molar-refractivity contribution in [2.24, 2.45) is 5.92 Å². The van der Waals surface area contributed by atoms with Gasteiger partial charge >= 0.3 is 0 Å². The van der Waals surface area contributed by atoms with E-state index in [-0.39, 0.29) is 6.10 Å². The Kier molecular flexibility index (Phi) is 2.14. The molecule has 0 aromatic rings. The highest BCUT2D eigenvalue weighted by Gasteiger charge is 2.27. The van der Waals surface area contributed by atoms with Gasteiger partial charge in [-0.2, -0.15) is 0 Å². The van der Waals surface area contributed by atoms with Gasteiger partial charge in [-0.3, -0.25) is 0 Å². The molecule has 0 amide bonds. The average Bonchev–Trinajstić information content (AvgIpc) is 2.73. The minimum atomic E-state index is -0.0127. The van der Waals surface area contributed by atoms with Crippen LogP contribution in [0.4, 0.5) is 0 Å². The largest absolute Gasteiger partial charge is 0.393 e. The molecular weight excluding hydrogens is 138 g/mol. The third kappa shape index (κ3) is 1.94. The fourth-order valence-corrected chi connectivity index (χ4v) is 1.86. The van der Waals surface area contributed by atoms with Gasteiger partial charge in [-0.15, -0.1) is 0 Å². The molecule has 0 spiro atoms. The number of hydrogen-bond donors (Lipinski definition) is 2. The number of aliphatic hydroxyl groups excluding tert-OH is 1. The Labute approximate surface area is 68.0 Å². The van der Waals surface area contributed by atoms with Crippen molar-refractivity contribution in [3.8, 4) is 0 Å². The van der Waals surface area contributed by atoms with Gasteiger partial charge < -0.3 is 10.4 Å². The van der Waals surface area contributed by atoms with Crippen LogP contribution >= 0.6 is 0 Å². The lowest BCUT2D eigenvalue weighted by Gasteiger charge is -2.14. The van der Waals surface area contributed by atoms with E-state index in [9.17, 15) is 5.11 Å². The van der Waals surface area contributed by atoms with Crippen LogP contribution in [0.3, 0.4) is 0 Å². The predicted molar refractivity (Wildman–Crippen MR) is 44.4 cm³/mol. The van der Waals surface area contributed by atoms with E-state index in [2.05, 4.69) is 5.32 Å². The Morgan fingerprint density at radius 3 is 2.55 bits per heavy atom. The first-order chi connectivity index (χ1) is 5.36. The Morgan fingerprint density at radius 2 is 2.00 bits per heavy atom. The summed E-state index contributed by atoms with van der Waals surface area (Å²) in [6, 6.07) is 0.794. The lowest BCUT2D eigenvalue weighted by Crippen LogP contribution is -2.29. The van der Waals surface area contributed by atoms with Gasteiger partial charge in [0.2, 0.25) is 0 Å². The van der Waals surface area contributed by atoms with Crippen molar-refractivity contribution in [3.05, 3.63) is 0 Å². The van der Waals surface area contributed by atoms with E-state index in [0.717, 1.165) is 19.0 Å². The molecule has 0 aromatic carbocycles. The molecule has 0 saturated heterocycles. The van der Waals surface area contributed by atoms with Gasteiger partial charge in [0.25, 0.3) is 0 Å². The summed E-state index contributed by atoms with van der Waals surface area (Å²) in [6.07, 6.45) is 6.16. The smallest absolute Gasteiger partial charge is 0.0580 e. The van der Waals surface area contributed by atoms with Crippen LogP contribution in [0.25, 0.3) is 0 Å². The van der Waals surface area contributed by atoms with E-state index in [0.29, 0.717) is 5.92 Å². The Balaban J connectivity index is 1.67. The first kappa shape index (κ1) is 7.56. The third-order valence-electron chi connectivity index (χ3n) is 2.87. The molecule has 64 valence electrons. The van der Waals surface area contributed by atoms with E-state index in [1.807, 2.05) is 0 Å². The van der Waals surface area contributed by atoms with Crippen molar-refractivity contribution in [1.82, 2.24) is 5.32 Å². The minimum absolute atomic E-state index is 0.0127. The molecule has 2 nitrogen and oxygen atoms in total. The van der Waals surface area contributed by atoms with Crippen LogP contribution in [0, 0.1) is 5.92 Å². The molecule has 2 atom stereocenters. The lowest BCUT2D eigenvalue weighted by atomic mass is 10.1. The Hall–Kier alpha value is -0.0800. The normalized spacial score (nSPS) is 37.9. The van der Waals surface area contributed by atoms with Crippen molar-refractivity contribution >= 4 is 0 Å². The predicted octanol–water partition coefficient (Wildman–Crippen LogP) is 0.899. The number of rotatable bonds is 3. The number of nitrogens with one attached hydrogen (secondary N) is 1. The van der Waals surface area contributed by atoms with Crippen LogP contribution < -0.4 is 5.32 Å². The molecule has 2 saturated carbocycles. The second-order valence-electron chi connectivity index (χ2n) is 3.94. The molecule has 11 heavy (non-hydrogen) atoms. The zero-order chi connectivity index (χ0) is 7.68. The SMILES string of the molecule is OC1CCCC1CNC1CC1. The summed E-state index contributed by atoms with van der Waals surface area (Å²) in [4.78, 5) is 0. The van der Waals surface area contributed by atoms with Gasteiger partial charge in [0, 0.05) is 12.6 Å². The second kappa shape index (κ2) is 3.11. The quantitative estimate of drug-likeness (QED) is 0.634. The fraction of sp³-hybridized carbons (Fsp3) is 1.00. The van der Waals surface area contributed by atoms with Crippen LogP contribution in [0.1, 0.15) is 32.1 Å². The van der Waals surface area contributed by atoms with Gasteiger partial charge in [0.1, 0.15) is 0 Å². The first-order valence-electron chi connectivity index (χ1n) is 4.78. The van der Waals surface area contributed by atoms with Gasteiger partial charge in [0.05, 0.1) is 6.10 Å². The summed E-state index contributed by atoms with van der Waals surface area (Å²) in [6.45, 7) is 1.05. The van der Waals surface area contributed by atoms with E-state index in [1.165, 1.54) is 25.7 Å². The minimum Gasteiger partial charge on any atom is -0.393 e. The highest BCUT2D eigenvalue weighted by Crippen LogP contribution is 2.26. The topological polar surface area (TPSA) is 32.3 Å². The first-order valence-corrected chi connectivity index (χ1v) is 4.78. The Bertz CT molecular complexity index is 134. The van der Waals surface area contributed by atoms with Crippen LogP contribution in [0.5, 0.6) is 0 Å². The van der Waals surface area contributed by atoms with Crippen LogP contribution in [0.2, 0.25) is 0 Å². The van der Waals surface area contributed by atoms with E-state index < -0.39 is 0 Å².